The monoisotopic (exact) mass is 421 g/mol. The standard InChI is InChI=1S/C20H31N5O5/c1-4-9-29-17(26)8-6-5-7-13-18-19(21)22-12-23-20(18)25(24-13)16-10-14(28-3)15(30-16)11-27-2/h12,14-16H,4-11H2,1-3H3,(H2,21,22,23). The number of nitrogen functional groups attached to an aromatic ring is 1. The number of anilines is 1. The summed E-state index contributed by atoms with van der Waals surface area (Å²) in [6.07, 6.45) is 4.83. The molecule has 0 saturated carbocycles. The smallest absolute Gasteiger partial charge is 0.305 e. The molecule has 2 aromatic rings. The average molecular weight is 421 g/mol. The van der Waals surface area contributed by atoms with E-state index in [-0.39, 0.29) is 24.4 Å². The molecule has 1 aliphatic heterocycles. The van der Waals surface area contributed by atoms with Crippen LogP contribution in [0.3, 0.4) is 0 Å². The Morgan fingerprint density at radius 1 is 1.33 bits per heavy atom. The van der Waals surface area contributed by atoms with E-state index in [1.54, 1.807) is 18.9 Å². The first-order valence-electron chi connectivity index (χ1n) is 10.4. The molecule has 0 aromatic carbocycles. The number of nitrogens with two attached hydrogens (primary N) is 1. The number of aromatic nitrogens is 4. The lowest BCUT2D eigenvalue weighted by molar-refractivity contribution is -0.143. The maximum atomic E-state index is 11.7. The molecule has 3 heterocycles. The number of nitrogens with zero attached hydrogens (tertiary/aromatic N) is 4. The van der Waals surface area contributed by atoms with Crippen LogP contribution in [0.4, 0.5) is 5.82 Å². The highest BCUT2D eigenvalue weighted by atomic mass is 16.6. The zero-order valence-electron chi connectivity index (χ0n) is 17.9. The second-order valence-corrected chi connectivity index (χ2v) is 7.37. The zero-order valence-corrected chi connectivity index (χ0v) is 17.9. The number of methoxy groups -OCH3 is 2. The van der Waals surface area contributed by atoms with Gasteiger partial charge in [0.1, 0.15) is 18.2 Å². The van der Waals surface area contributed by atoms with E-state index < -0.39 is 0 Å². The Bertz CT molecular complexity index is 842. The minimum absolute atomic E-state index is 0.0917. The number of aryl methyl sites for hydroxylation is 1. The molecule has 1 saturated heterocycles. The molecule has 2 N–H and O–H groups in total. The van der Waals surface area contributed by atoms with Crippen molar-refractivity contribution in [1.82, 2.24) is 19.7 Å². The molecule has 0 aliphatic carbocycles. The summed E-state index contributed by atoms with van der Waals surface area (Å²) < 4.78 is 23.8. The number of carbonyl (C=O) groups excluding carboxylic acids is 1. The minimum atomic E-state index is -0.329. The number of esters is 1. The summed E-state index contributed by atoms with van der Waals surface area (Å²) in [6.45, 7) is 2.88. The van der Waals surface area contributed by atoms with E-state index in [9.17, 15) is 4.79 Å². The van der Waals surface area contributed by atoms with Crippen molar-refractivity contribution in [2.45, 2.75) is 63.9 Å². The normalized spacial score (nSPS) is 21.4. The number of unbranched alkanes of at least 4 members (excludes halogenated alkanes) is 1. The van der Waals surface area contributed by atoms with E-state index in [1.807, 2.05) is 6.92 Å². The van der Waals surface area contributed by atoms with Gasteiger partial charge in [-0.25, -0.2) is 14.6 Å². The van der Waals surface area contributed by atoms with Crippen molar-refractivity contribution < 1.29 is 23.7 Å². The first-order chi connectivity index (χ1) is 14.6. The Morgan fingerprint density at radius 2 is 2.17 bits per heavy atom. The van der Waals surface area contributed by atoms with Crippen LogP contribution in [0, 0.1) is 0 Å². The molecule has 1 fully saturated rings. The van der Waals surface area contributed by atoms with Gasteiger partial charge < -0.3 is 24.7 Å². The van der Waals surface area contributed by atoms with Crippen molar-refractivity contribution in [3.8, 4) is 0 Å². The van der Waals surface area contributed by atoms with Crippen LogP contribution in [0.1, 0.15) is 50.9 Å². The first kappa shape index (κ1) is 22.4. The van der Waals surface area contributed by atoms with Crippen molar-refractivity contribution in [1.29, 1.82) is 0 Å². The van der Waals surface area contributed by atoms with Gasteiger partial charge in [0.2, 0.25) is 0 Å². The van der Waals surface area contributed by atoms with Gasteiger partial charge in [0.05, 0.1) is 30.4 Å². The number of fused-ring (bicyclic) bond motifs is 1. The summed E-state index contributed by atoms with van der Waals surface area (Å²) in [5.41, 5.74) is 7.58. The van der Waals surface area contributed by atoms with Crippen LogP contribution in [0.2, 0.25) is 0 Å². The lowest BCUT2D eigenvalue weighted by atomic mass is 10.1. The lowest BCUT2D eigenvalue weighted by Crippen LogP contribution is -2.27. The van der Waals surface area contributed by atoms with Crippen LogP contribution < -0.4 is 5.73 Å². The molecule has 1 aliphatic rings. The van der Waals surface area contributed by atoms with E-state index in [1.165, 1.54) is 6.33 Å². The summed E-state index contributed by atoms with van der Waals surface area (Å²) in [7, 11) is 3.30. The number of rotatable bonds is 11. The largest absolute Gasteiger partial charge is 0.466 e. The van der Waals surface area contributed by atoms with Gasteiger partial charge in [-0.3, -0.25) is 4.79 Å². The van der Waals surface area contributed by atoms with Gasteiger partial charge in [-0.2, -0.15) is 5.10 Å². The van der Waals surface area contributed by atoms with E-state index in [0.717, 1.165) is 23.9 Å². The van der Waals surface area contributed by atoms with Gasteiger partial charge >= 0.3 is 5.97 Å². The molecular weight excluding hydrogens is 390 g/mol. The second-order valence-electron chi connectivity index (χ2n) is 7.37. The Balaban J connectivity index is 1.73. The fourth-order valence-electron chi connectivity index (χ4n) is 3.70. The van der Waals surface area contributed by atoms with Crippen molar-refractivity contribution in [2.24, 2.45) is 0 Å². The summed E-state index contributed by atoms with van der Waals surface area (Å²) >= 11 is 0. The Kier molecular flexibility index (Phi) is 7.94. The lowest BCUT2D eigenvalue weighted by Gasteiger charge is -2.15. The predicted molar refractivity (Wildman–Crippen MR) is 110 cm³/mol. The maximum Gasteiger partial charge on any atom is 0.305 e. The quantitative estimate of drug-likeness (QED) is 0.428. The minimum Gasteiger partial charge on any atom is -0.466 e. The highest BCUT2D eigenvalue weighted by Gasteiger charge is 2.38. The number of hydrogen-bond donors (Lipinski definition) is 1. The SMILES string of the molecule is CCCOC(=O)CCCCc1nn(C2CC(OC)C(COC)O2)c2ncnc(N)c12. The molecule has 0 bridgehead atoms. The second kappa shape index (κ2) is 10.6. The number of ether oxygens (including phenoxy) is 4. The number of carbonyl (C=O) groups is 1. The molecule has 0 radical (unpaired) electrons. The van der Waals surface area contributed by atoms with Crippen molar-refractivity contribution in [2.75, 3.05) is 33.2 Å². The van der Waals surface area contributed by atoms with Crippen LogP contribution in [-0.4, -0.2) is 65.4 Å². The molecule has 0 amide bonds. The summed E-state index contributed by atoms with van der Waals surface area (Å²) in [4.78, 5) is 20.2. The maximum absolute atomic E-state index is 11.7. The van der Waals surface area contributed by atoms with Crippen LogP contribution in [0.25, 0.3) is 11.0 Å². The number of hydrogen-bond acceptors (Lipinski definition) is 9. The highest BCUT2D eigenvalue weighted by molar-refractivity contribution is 5.88. The van der Waals surface area contributed by atoms with Crippen LogP contribution >= 0.6 is 0 Å². The van der Waals surface area contributed by atoms with E-state index in [4.69, 9.17) is 29.8 Å². The van der Waals surface area contributed by atoms with Gasteiger partial charge in [0.15, 0.2) is 11.9 Å². The molecule has 10 nitrogen and oxygen atoms in total. The van der Waals surface area contributed by atoms with Crippen LogP contribution in [-0.2, 0) is 30.2 Å². The summed E-state index contributed by atoms with van der Waals surface area (Å²) in [5.74, 6) is 0.225. The average Bonchev–Trinajstić information content (AvgIpc) is 3.32. The van der Waals surface area contributed by atoms with E-state index in [2.05, 4.69) is 9.97 Å². The Morgan fingerprint density at radius 3 is 2.90 bits per heavy atom. The van der Waals surface area contributed by atoms with Crippen LogP contribution in [0.15, 0.2) is 6.33 Å². The zero-order chi connectivity index (χ0) is 21.5. The van der Waals surface area contributed by atoms with E-state index in [0.29, 0.717) is 50.4 Å². The van der Waals surface area contributed by atoms with Gasteiger partial charge in [-0.1, -0.05) is 6.92 Å². The predicted octanol–water partition coefficient (Wildman–Crippen LogP) is 2.02. The molecule has 10 heteroatoms. The molecular formula is C20H31N5O5. The van der Waals surface area contributed by atoms with Crippen molar-refractivity contribution in [3.05, 3.63) is 12.0 Å². The van der Waals surface area contributed by atoms with Crippen LogP contribution in [0.5, 0.6) is 0 Å². The Labute approximate surface area is 176 Å². The molecule has 3 atom stereocenters. The van der Waals surface area contributed by atoms with Gasteiger partial charge in [-0.15, -0.1) is 0 Å². The van der Waals surface area contributed by atoms with Gasteiger partial charge in [-0.05, 0) is 25.7 Å². The molecule has 3 unspecified atom stereocenters. The summed E-state index contributed by atoms with van der Waals surface area (Å²) in [6, 6.07) is 0. The van der Waals surface area contributed by atoms with Gasteiger partial charge in [0.25, 0.3) is 0 Å². The molecule has 0 spiro atoms. The third-order valence-corrected chi connectivity index (χ3v) is 5.19. The molecule has 3 rings (SSSR count). The van der Waals surface area contributed by atoms with Gasteiger partial charge in [0, 0.05) is 27.1 Å². The third-order valence-electron chi connectivity index (χ3n) is 5.19. The van der Waals surface area contributed by atoms with Crippen molar-refractivity contribution in [3.63, 3.8) is 0 Å². The van der Waals surface area contributed by atoms with Crippen molar-refractivity contribution >= 4 is 22.8 Å². The highest BCUT2D eigenvalue weighted by Crippen LogP contribution is 2.34. The molecule has 166 valence electrons. The first-order valence-corrected chi connectivity index (χ1v) is 10.4. The van der Waals surface area contributed by atoms with E-state index >= 15 is 0 Å². The topological polar surface area (TPSA) is 124 Å². The summed E-state index contributed by atoms with van der Waals surface area (Å²) in [5, 5.41) is 5.49. The molecule has 30 heavy (non-hydrogen) atoms. The Hall–Kier alpha value is -2.30. The molecule has 2 aromatic heterocycles. The fourth-order valence-corrected chi connectivity index (χ4v) is 3.70. The third kappa shape index (κ3) is 5.05. The fraction of sp³-hybridized carbons (Fsp3) is 0.700.